The number of carbonyl (C=O) groups excluding carboxylic acids is 1. The number of ether oxygens (including phenoxy) is 1. The van der Waals surface area contributed by atoms with E-state index in [9.17, 15) is 4.79 Å². The zero-order valence-electron chi connectivity index (χ0n) is 11.9. The Morgan fingerprint density at radius 1 is 1.35 bits per heavy atom. The predicted molar refractivity (Wildman–Crippen MR) is 76.7 cm³/mol. The molecule has 2 saturated heterocycles. The standard InChI is InChI=1S/C15H21N3O2/c1-12-4-5-16-11-13(12)17-6-8-18(9-7-17)15(19)14-3-2-10-20-14/h4-5,11,14H,2-3,6-10H2,1H3/t14-/m0/s1. The number of piperazine rings is 1. The Hall–Kier alpha value is -1.62. The maximum absolute atomic E-state index is 12.3. The van der Waals surface area contributed by atoms with Gasteiger partial charge >= 0.3 is 0 Å². The molecule has 0 saturated carbocycles. The Kier molecular flexibility index (Phi) is 3.87. The molecule has 0 N–H and O–H groups in total. The summed E-state index contributed by atoms with van der Waals surface area (Å²) >= 11 is 0. The fraction of sp³-hybridized carbons (Fsp3) is 0.600. The van der Waals surface area contributed by atoms with E-state index >= 15 is 0 Å². The van der Waals surface area contributed by atoms with Crippen LogP contribution in [0.3, 0.4) is 0 Å². The maximum Gasteiger partial charge on any atom is 0.251 e. The summed E-state index contributed by atoms with van der Waals surface area (Å²) < 4.78 is 5.48. The lowest BCUT2D eigenvalue weighted by molar-refractivity contribution is -0.141. The van der Waals surface area contributed by atoms with E-state index in [2.05, 4.69) is 16.8 Å². The van der Waals surface area contributed by atoms with Crippen LogP contribution in [0.5, 0.6) is 0 Å². The average Bonchev–Trinajstić information content (AvgIpc) is 3.01. The SMILES string of the molecule is Cc1ccncc1N1CCN(C(=O)[C@@H]2CCCO2)CC1. The van der Waals surface area contributed by atoms with Gasteiger partial charge in [-0.2, -0.15) is 0 Å². The second kappa shape index (κ2) is 5.79. The van der Waals surface area contributed by atoms with Crippen molar-refractivity contribution in [1.29, 1.82) is 0 Å². The van der Waals surface area contributed by atoms with Gasteiger partial charge < -0.3 is 14.5 Å². The van der Waals surface area contributed by atoms with Crippen molar-refractivity contribution in [3.05, 3.63) is 24.0 Å². The lowest BCUT2D eigenvalue weighted by Gasteiger charge is -2.37. The van der Waals surface area contributed by atoms with Crippen LogP contribution in [0.25, 0.3) is 0 Å². The molecule has 2 fully saturated rings. The first-order chi connectivity index (χ1) is 9.75. The quantitative estimate of drug-likeness (QED) is 0.814. The van der Waals surface area contributed by atoms with Crippen molar-refractivity contribution >= 4 is 11.6 Å². The molecule has 3 rings (SSSR count). The topological polar surface area (TPSA) is 45.7 Å². The molecular formula is C15H21N3O2. The molecule has 5 heteroatoms. The van der Waals surface area contributed by atoms with Crippen LogP contribution < -0.4 is 4.90 Å². The summed E-state index contributed by atoms with van der Waals surface area (Å²) in [5, 5.41) is 0. The highest BCUT2D eigenvalue weighted by Gasteiger charge is 2.30. The van der Waals surface area contributed by atoms with Gasteiger partial charge in [0.2, 0.25) is 0 Å². The normalized spacial score (nSPS) is 23.1. The summed E-state index contributed by atoms with van der Waals surface area (Å²) in [6.45, 7) is 6.10. The van der Waals surface area contributed by atoms with Gasteiger partial charge in [0.05, 0.1) is 11.9 Å². The van der Waals surface area contributed by atoms with Crippen LogP contribution in [0.1, 0.15) is 18.4 Å². The summed E-state index contributed by atoms with van der Waals surface area (Å²) in [6, 6.07) is 2.03. The number of aromatic nitrogens is 1. The van der Waals surface area contributed by atoms with E-state index in [0.29, 0.717) is 0 Å². The van der Waals surface area contributed by atoms with E-state index in [4.69, 9.17) is 4.74 Å². The number of carbonyl (C=O) groups is 1. The summed E-state index contributed by atoms with van der Waals surface area (Å²) in [5.41, 5.74) is 2.41. The van der Waals surface area contributed by atoms with Crippen molar-refractivity contribution in [2.24, 2.45) is 0 Å². The number of aryl methyl sites for hydroxylation is 1. The van der Waals surface area contributed by atoms with Gasteiger partial charge in [0, 0.05) is 39.0 Å². The second-order valence-corrected chi connectivity index (χ2v) is 5.48. The second-order valence-electron chi connectivity index (χ2n) is 5.48. The number of hydrogen-bond acceptors (Lipinski definition) is 4. The molecule has 0 unspecified atom stereocenters. The van der Waals surface area contributed by atoms with Gasteiger partial charge in [-0.1, -0.05) is 0 Å². The molecule has 5 nitrogen and oxygen atoms in total. The Bertz CT molecular complexity index is 478. The Morgan fingerprint density at radius 2 is 2.15 bits per heavy atom. The van der Waals surface area contributed by atoms with E-state index < -0.39 is 0 Å². The zero-order chi connectivity index (χ0) is 13.9. The van der Waals surface area contributed by atoms with Crippen LogP contribution in [0.15, 0.2) is 18.5 Å². The molecular weight excluding hydrogens is 254 g/mol. The third kappa shape index (κ3) is 2.63. The first kappa shape index (κ1) is 13.4. The molecule has 1 atom stereocenters. The molecule has 1 aromatic rings. The molecule has 2 aliphatic rings. The van der Waals surface area contributed by atoms with Crippen molar-refractivity contribution in [2.45, 2.75) is 25.9 Å². The fourth-order valence-corrected chi connectivity index (χ4v) is 2.93. The maximum atomic E-state index is 12.3. The van der Waals surface area contributed by atoms with Crippen molar-refractivity contribution in [2.75, 3.05) is 37.7 Å². The van der Waals surface area contributed by atoms with E-state index in [1.54, 1.807) is 0 Å². The van der Waals surface area contributed by atoms with Crippen molar-refractivity contribution < 1.29 is 9.53 Å². The molecule has 1 amide bonds. The van der Waals surface area contributed by atoms with Crippen LogP contribution >= 0.6 is 0 Å². The monoisotopic (exact) mass is 275 g/mol. The summed E-state index contributed by atoms with van der Waals surface area (Å²) in [5.74, 6) is 0.171. The number of rotatable bonds is 2. The van der Waals surface area contributed by atoms with Gasteiger partial charge in [0.15, 0.2) is 0 Å². The highest BCUT2D eigenvalue weighted by Crippen LogP contribution is 2.21. The van der Waals surface area contributed by atoms with E-state index in [1.807, 2.05) is 23.4 Å². The predicted octanol–water partition coefficient (Wildman–Crippen LogP) is 1.22. The third-order valence-corrected chi connectivity index (χ3v) is 4.15. The molecule has 20 heavy (non-hydrogen) atoms. The highest BCUT2D eigenvalue weighted by molar-refractivity contribution is 5.81. The van der Waals surface area contributed by atoms with Gasteiger partial charge in [0.1, 0.15) is 6.10 Å². The average molecular weight is 275 g/mol. The molecule has 0 aromatic carbocycles. The lowest BCUT2D eigenvalue weighted by Crippen LogP contribution is -2.51. The van der Waals surface area contributed by atoms with Crippen LogP contribution in [-0.4, -0.2) is 54.7 Å². The number of nitrogens with zero attached hydrogens (tertiary/aromatic N) is 3. The van der Waals surface area contributed by atoms with Crippen molar-refractivity contribution in [3.8, 4) is 0 Å². The van der Waals surface area contributed by atoms with Gasteiger partial charge in [-0.3, -0.25) is 9.78 Å². The lowest BCUT2D eigenvalue weighted by atomic mass is 10.1. The molecule has 108 valence electrons. The summed E-state index contributed by atoms with van der Waals surface area (Å²) in [4.78, 5) is 20.7. The number of pyridine rings is 1. The van der Waals surface area contributed by atoms with E-state index in [-0.39, 0.29) is 12.0 Å². The van der Waals surface area contributed by atoms with Gasteiger partial charge in [-0.15, -0.1) is 0 Å². The van der Waals surface area contributed by atoms with Crippen LogP contribution in [0.4, 0.5) is 5.69 Å². The minimum Gasteiger partial charge on any atom is -0.368 e. The molecule has 2 aliphatic heterocycles. The Labute approximate surface area is 119 Å². The van der Waals surface area contributed by atoms with E-state index in [1.165, 1.54) is 11.3 Å². The number of hydrogen-bond donors (Lipinski definition) is 0. The summed E-state index contributed by atoms with van der Waals surface area (Å²) in [6.07, 6.45) is 5.41. The summed E-state index contributed by atoms with van der Waals surface area (Å²) in [7, 11) is 0. The van der Waals surface area contributed by atoms with Gasteiger partial charge in [0.25, 0.3) is 5.91 Å². The highest BCUT2D eigenvalue weighted by atomic mass is 16.5. The molecule has 0 aliphatic carbocycles. The smallest absolute Gasteiger partial charge is 0.251 e. The minimum atomic E-state index is -0.193. The number of anilines is 1. The molecule has 0 radical (unpaired) electrons. The van der Waals surface area contributed by atoms with Crippen LogP contribution in [0.2, 0.25) is 0 Å². The minimum absolute atomic E-state index is 0.171. The zero-order valence-corrected chi connectivity index (χ0v) is 11.9. The Morgan fingerprint density at radius 3 is 2.80 bits per heavy atom. The number of amides is 1. The first-order valence-electron chi connectivity index (χ1n) is 7.31. The van der Waals surface area contributed by atoms with Gasteiger partial charge in [-0.05, 0) is 31.4 Å². The van der Waals surface area contributed by atoms with Crippen molar-refractivity contribution in [3.63, 3.8) is 0 Å². The van der Waals surface area contributed by atoms with Crippen LogP contribution in [0, 0.1) is 6.92 Å². The Balaban J connectivity index is 1.59. The fourth-order valence-electron chi connectivity index (χ4n) is 2.93. The molecule has 0 spiro atoms. The van der Waals surface area contributed by atoms with Crippen molar-refractivity contribution in [1.82, 2.24) is 9.88 Å². The van der Waals surface area contributed by atoms with Gasteiger partial charge in [-0.25, -0.2) is 0 Å². The third-order valence-electron chi connectivity index (χ3n) is 4.15. The molecule has 3 heterocycles. The molecule has 0 bridgehead atoms. The first-order valence-corrected chi connectivity index (χ1v) is 7.31. The van der Waals surface area contributed by atoms with Crippen LogP contribution in [-0.2, 0) is 9.53 Å². The molecule has 1 aromatic heterocycles. The largest absolute Gasteiger partial charge is 0.368 e. The van der Waals surface area contributed by atoms with E-state index in [0.717, 1.165) is 45.6 Å².